The van der Waals surface area contributed by atoms with Crippen molar-refractivity contribution in [2.75, 3.05) is 18.1 Å². The van der Waals surface area contributed by atoms with Crippen LogP contribution in [0, 0.1) is 0 Å². The van der Waals surface area contributed by atoms with Crippen molar-refractivity contribution in [3.05, 3.63) is 59.0 Å². The number of rotatable bonds is 5. The lowest BCUT2D eigenvalue weighted by atomic mass is 10.2. The number of aromatic amines is 1. The Hall–Kier alpha value is -3.55. The molecule has 29 heavy (non-hydrogen) atoms. The molecule has 3 aromatic rings. The number of esters is 1. The predicted octanol–water partition coefficient (Wildman–Crippen LogP) is 2.08. The minimum Gasteiger partial charge on any atom is -0.475 e. The van der Waals surface area contributed by atoms with Gasteiger partial charge in [-0.05, 0) is 30.7 Å². The molecule has 1 aliphatic heterocycles. The van der Waals surface area contributed by atoms with E-state index in [1.54, 1.807) is 22.8 Å². The van der Waals surface area contributed by atoms with Gasteiger partial charge >= 0.3 is 11.7 Å². The standard InChI is InChI=1S/C21H21N3O5/c1-14(25)24-13-19(29-18-10-5-4-9-17(18)24)20(26)28-12-6-11-23-16-8-3-2-7-15(16)22-21(23)27/h2-5,7-10,19H,6,11-13H2,1H3,(H,22,27)/t19-/m0/s1. The maximum absolute atomic E-state index is 12.5. The summed E-state index contributed by atoms with van der Waals surface area (Å²) in [5.41, 5.74) is 2.03. The number of imidazole rings is 1. The molecule has 1 aromatic heterocycles. The van der Waals surface area contributed by atoms with Crippen molar-refractivity contribution in [2.24, 2.45) is 0 Å². The van der Waals surface area contributed by atoms with Crippen molar-refractivity contribution in [3.8, 4) is 5.75 Å². The number of amides is 1. The van der Waals surface area contributed by atoms with E-state index in [2.05, 4.69) is 4.98 Å². The van der Waals surface area contributed by atoms with Gasteiger partial charge in [-0.3, -0.25) is 9.36 Å². The summed E-state index contributed by atoms with van der Waals surface area (Å²) in [4.78, 5) is 40.8. The van der Waals surface area contributed by atoms with E-state index in [1.165, 1.54) is 11.8 Å². The van der Waals surface area contributed by atoms with Crippen molar-refractivity contribution in [1.82, 2.24) is 9.55 Å². The molecular weight excluding hydrogens is 374 g/mol. The number of aromatic nitrogens is 2. The Labute approximate surface area is 166 Å². The quantitative estimate of drug-likeness (QED) is 0.527. The Morgan fingerprint density at radius 1 is 1.17 bits per heavy atom. The minimum atomic E-state index is -0.885. The molecule has 0 saturated carbocycles. The van der Waals surface area contributed by atoms with Crippen LogP contribution in [0.5, 0.6) is 5.75 Å². The predicted molar refractivity (Wildman–Crippen MR) is 107 cm³/mol. The molecule has 0 saturated heterocycles. The molecule has 0 aliphatic carbocycles. The lowest BCUT2D eigenvalue weighted by molar-refractivity contribution is -0.152. The number of nitrogens with one attached hydrogen (secondary N) is 1. The second kappa shape index (κ2) is 7.83. The summed E-state index contributed by atoms with van der Waals surface area (Å²) in [5.74, 6) is -0.226. The average Bonchev–Trinajstić information content (AvgIpc) is 3.05. The number of para-hydroxylation sites is 4. The molecule has 1 amide bonds. The maximum atomic E-state index is 12.5. The van der Waals surface area contributed by atoms with Crippen LogP contribution in [0.2, 0.25) is 0 Å². The largest absolute Gasteiger partial charge is 0.475 e. The summed E-state index contributed by atoms with van der Waals surface area (Å²) in [6, 6.07) is 14.5. The van der Waals surface area contributed by atoms with E-state index in [9.17, 15) is 14.4 Å². The first-order valence-electron chi connectivity index (χ1n) is 9.42. The summed E-state index contributed by atoms with van der Waals surface area (Å²) in [6.07, 6.45) is -0.405. The normalized spacial score (nSPS) is 15.6. The molecular formula is C21H21N3O5. The molecule has 8 nitrogen and oxygen atoms in total. The number of aryl methyl sites for hydroxylation is 1. The number of hydrogen-bond donors (Lipinski definition) is 1. The zero-order valence-electron chi connectivity index (χ0n) is 16.0. The van der Waals surface area contributed by atoms with E-state index in [0.717, 1.165) is 11.0 Å². The Balaban J connectivity index is 1.36. The van der Waals surface area contributed by atoms with Gasteiger partial charge in [-0.15, -0.1) is 0 Å². The molecule has 8 heteroatoms. The lowest BCUT2D eigenvalue weighted by Crippen LogP contribution is -2.47. The molecule has 2 aromatic carbocycles. The number of carbonyl (C=O) groups is 2. The first kappa shape index (κ1) is 18.8. The van der Waals surface area contributed by atoms with Crippen molar-refractivity contribution in [1.29, 1.82) is 0 Å². The van der Waals surface area contributed by atoms with Crippen LogP contribution in [-0.4, -0.2) is 40.7 Å². The topological polar surface area (TPSA) is 93.6 Å². The molecule has 0 spiro atoms. The van der Waals surface area contributed by atoms with Crippen molar-refractivity contribution in [2.45, 2.75) is 26.0 Å². The van der Waals surface area contributed by atoms with Crippen LogP contribution in [0.1, 0.15) is 13.3 Å². The fraction of sp³-hybridized carbons (Fsp3) is 0.286. The van der Waals surface area contributed by atoms with Gasteiger partial charge in [0.2, 0.25) is 12.0 Å². The summed E-state index contributed by atoms with van der Waals surface area (Å²) < 4.78 is 12.7. The third-order valence-electron chi connectivity index (χ3n) is 4.87. The zero-order chi connectivity index (χ0) is 20.4. The fourth-order valence-electron chi connectivity index (χ4n) is 3.47. The van der Waals surface area contributed by atoms with E-state index in [4.69, 9.17) is 9.47 Å². The van der Waals surface area contributed by atoms with Crippen LogP contribution in [0.3, 0.4) is 0 Å². The van der Waals surface area contributed by atoms with Crippen LogP contribution in [0.25, 0.3) is 11.0 Å². The Kier molecular flexibility index (Phi) is 5.07. The van der Waals surface area contributed by atoms with E-state index in [1.807, 2.05) is 30.3 Å². The highest BCUT2D eigenvalue weighted by Crippen LogP contribution is 2.33. The molecule has 0 fully saturated rings. The Morgan fingerprint density at radius 3 is 2.76 bits per heavy atom. The van der Waals surface area contributed by atoms with E-state index < -0.39 is 12.1 Å². The third-order valence-corrected chi connectivity index (χ3v) is 4.87. The first-order chi connectivity index (χ1) is 14.0. The van der Waals surface area contributed by atoms with Crippen molar-refractivity contribution >= 4 is 28.6 Å². The molecule has 4 rings (SSSR count). The van der Waals surface area contributed by atoms with Gasteiger partial charge in [0, 0.05) is 13.5 Å². The van der Waals surface area contributed by atoms with Crippen LogP contribution >= 0.6 is 0 Å². The fourth-order valence-corrected chi connectivity index (χ4v) is 3.47. The number of nitrogens with zero attached hydrogens (tertiary/aromatic N) is 2. The first-order valence-corrected chi connectivity index (χ1v) is 9.42. The third kappa shape index (κ3) is 3.73. The van der Waals surface area contributed by atoms with Gasteiger partial charge in [-0.25, -0.2) is 9.59 Å². The Bertz CT molecular complexity index is 1120. The molecule has 1 N–H and O–H groups in total. The molecule has 150 valence electrons. The van der Waals surface area contributed by atoms with Gasteiger partial charge in [-0.1, -0.05) is 24.3 Å². The smallest absolute Gasteiger partial charge is 0.349 e. The van der Waals surface area contributed by atoms with Gasteiger partial charge in [-0.2, -0.15) is 0 Å². The molecule has 1 atom stereocenters. The molecule has 0 radical (unpaired) electrons. The number of benzene rings is 2. The van der Waals surface area contributed by atoms with Gasteiger partial charge in [0.25, 0.3) is 0 Å². The molecule has 0 bridgehead atoms. The van der Waals surface area contributed by atoms with Crippen molar-refractivity contribution < 1.29 is 19.1 Å². The summed E-state index contributed by atoms with van der Waals surface area (Å²) in [5, 5.41) is 0. The second-order valence-corrected chi connectivity index (χ2v) is 6.82. The molecule has 1 aliphatic rings. The highest BCUT2D eigenvalue weighted by atomic mass is 16.6. The van der Waals surface area contributed by atoms with Gasteiger partial charge in [0.05, 0.1) is 29.9 Å². The summed E-state index contributed by atoms with van der Waals surface area (Å²) >= 11 is 0. The Morgan fingerprint density at radius 2 is 1.93 bits per heavy atom. The lowest BCUT2D eigenvalue weighted by Gasteiger charge is -2.33. The average molecular weight is 395 g/mol. The number of ether oxygens (including phenoxy) is 2. The van der Waals surface area contributed by atoms with Crippen LogP contribution < -0.4 is 15.3 Å². The minimum absolute atomic E-state index is 0.104. The van der Waals surface area contributed by atoms with Gasteiger partial charge < -0.3 is 19.4 Å². The molecule has 0 unspecified atom stereocenters. The number of H-pyrrole nitrogens is 1. The number of carbonyl (C=O) groups excluding carboxylic acids is 2. The highest BCUT2D eigenvalue weighted by molar-refractivity contribution is 5.95. The van der Waals surface area contributed by atoms with Gasteiger partial charge in [0.1, 0.15) is 5.75 Å². The van der Waals surface area contributed by atoms with E-state index in [-0.39, 0.29) is 24.7 Å². The van der Waals surface area contributed by atoms with Crippen LogP contribution in [-0.2, 0) is 20.9 Å². The molecule has 2 heterocycles. The number of fused-ring (bicyclic) bond motifs is 2. The zero-order valence-corrected chi connectivity index (χ0v) is 16.0. The van der Waals surface area contributed by atoms with Crippen LogP contribution in [0.4, 0.5) is 5.69 Å². The SMILES string of the molecule is CC(=O)N1C[C@@H](C(=O)OCCCn2c(=O)[nH]c3ccccc32)Oc2ccccc21. The highest BCUT2D eigenvalue weighted by Gasteiger charge is 2.33. The maximum Gasteiger partial charge on any atom is 0.349 e. The number of hydrogen-bond acceptors (Lipinski definition) is 5. The number of anilines is 1. The summed E-state index contributed by atoms with van der Waals surface area (Å²) in [7, 11) is 0. The van der Waals surface area contributed by atoms with E-state index in [0.29, 0.717) is 24.4 Å². The monoisotopic (exact) mass is 395 g/mol. The second-order valence-electron chi connectivity index (χ2n) is 6.82. The van der Waals surface area contributed by atoms with Crippen molar-refractivity contribution in [3.63, 3.8) is 0 Å². The summed E-state index contributed by atoms with van der Waals surface area (Å²) in [6.45, 7) is 2.12. The van der Waals surface area contributed by atoms with Crippen LogP contribution in [0.15, 0.2) is 53.3 Å². The van der Waals surface area contributed by atoms with E-state index >= 15 is 0 Å². The van der Waals surface area contributed by atoms with Gasteiger partial charge in [0.15, 0.2) is 0 Å².